The third kappa shape index (κ3) is 6.45. The Morgan fingerprint density at radius 2 is 1.83 bits per heavy atom. The molecule has 1 aliphatic rings. The zero-order valence-corrected chi connectivity index (χ0v) is 14.9. The third-order valence-corrected chi connectivity index (χ3v) is 4.31. The number of piperazine rings is 1. The molecule has 2 amide bonds. The molecule has 2 N–H and O–H groups in total. The van der Waals surface area contributed by atoms with Crippen molar-refractivity contribution in [3.8, 4) is 0 Å². The first kappa shape index (κ1) is 19.9. The van der Waals surface area contributed by atoms with Gasteiger partial charge < -0.3 is 20.3 Å². The van der Waals surface area contributed by atoms with Crippen LogP contribution in [0.5, 0.6) is 0 Å². The summed E-state index contributed by atoms with van der Waals surface area (Å²) in [5.74, 6) is 0.230. The molecule has 0 aromatic carbocycles. The fourth-order valence-corrected chi connectivity index (χ4v) is 2.78. The van der Waals surface area contributed by atoms with E-state index in [1.54, 1.807) is 7.11 Å². The van der Waals surface area contributed by atoms with Crippen molar-refractivity contribution in [2.24, 2.45) is 5.92 Å². The zero-order valence-electron chi connectivity index (χ0n) is 14.9. The molecule has 134 valence electrons. The number of nitrogens with one attached hydrogen (secondary N) is 2. The average Bonchev–Trinajstić information content (AvgIpc) is 2.57. The lowest BCUT2D eigenvalue weighted by Crippen LogP contribution is -2.56. The molecule has 0 aromatic rings. The molecule has 1 rings (SSSR count). The first-order valence-corrected chi connectivity index (χ1v) is 8.45. The molecule has 1 aliphatic heterocycles. The van der Waals surface area contributed by atoms with Crippen molar-refractivity contribution in [2.45, 2.75) is 26.3 Å². The molecule has 0 aromatic heterocycles. The van der Waals surface area contributed by atoms with E-state index in [9.17, 15) is 9.59 Å². The van der Waals surface area contributed by atoms with Crippen LogP contribution in [0.2, 0.25) is 0 Å². The maximum absolute atomic E-state index is 12.3. The first-order chi connectivity index (χ1) is 11.0. The van der Waals surface area contributed by atoms with Crippen molar-refractivity contribution in [3.63, 3.8) is 0 Å². The van der Waals surface area contributed by atoms with E-state index in [1.807, 2.05) is 25.8 Å². The maximum atomic E-state index is 12.3. The second-order valence-electron chi connectivity index (χ2n) is 6.13. The Hall–Kier alpha value is -1.18. The second-order valence-corrected chi connectivity index (χ2v) is 6.13. The van der Waals surface area contributed by atoms with Gasteiger partial charge in [0, 0.05) is 58.9 Å². The minimum Gasteiger partial charge on any atom is -0.385 e. The molecule has 23 heavy (non-hydrogen) atoms. The molecule has 1 fully saturated rings. The number of methoxy groups -OCH3 is 1. The molecular formula is C16H32N4O3. The number of carbonyl (C=O) groups is 2. The Kier molecular flexibility index (Phi) is 9.13. The fourth-order valence-electron chi connectivity index (χ4n) is 2.78. The summed E-state index contributed by atoms with van der Waals surface area (Å²) in [7, 11) is 3.51. The predicted octanol–water partition coefficient (Wildman–Crippen LogP) is -0.473. The van der Waals surface area contributed by atoms with Crippen LogP contribution in [-0.2, 0) is 14.3 Å². The number of ether oxygens (including phenoxy) is 1. The molecule has 0 spiro atoms. The van der Waals surface area contributed by atoms with Crippen LogP contribution in [0.15, 0.2) is 0 Å². The van der Waals surface area contributed by atoms with Crippen LogP contribution in [0, 0.1) is 5.92 Å². The minimum atomic E-state index is -0.162. The Labute approximate surface area is 139 Å². The van der Waals surface area contributed by atoms with Crippen LogP contribution in [0.25, 0.3) is 0 Å². The van der Waals surface area contributed by atoms with Crippen molar-refractivity contribution in [2.75, 3.05) is 60.0 Å². The summed E-state index contributed by atoms with van der Waals surface area (Å²) in [4.78, 5) is 28.5. The zero-order chi connectivity index (χ0) is 17.2. The highest BCUT2D eigenvalue weighted by molar-refractivity contribution is 5.81. The van der Waals surface area contributed by atoms with E-state index in [0.717, 1.165) is 19.5 Å². The van der Waals surface area contributed by atoms with E-state index < -0.39 is 0 Å². The molecular weight excluding hydrogens is 296 g/mol. The summed E-state index contributed by atoms with van der Waals surface area (Å²) < 4.78 is 4.97. The van der Waals surface area contributed by atoms with E-state index in [4.69, 9.17) is 4.74 Å². The predicted molar refractivity (Wildman–Crippen MR) is 90.2 cm³/mol. The highest BCUT2D eigenvalue weighted by Gasteiger charge is 2.28. The van der Waals surface area contributed by atoms with Crippen LogP contribution in [0.4, 0.5) is 0 Å². The second kappa shape index (κ2) is 10.6. The molecule has 0 aliphatic carbocycles. The first-order valence-electron chi connectivity index (χ1n) is 8.45. The van der Waals surface area contributed by atoms with Crippen molar-refractivity contribution >= 4 is 11.8 Å². The van der Waals surface area contributed by atoms with Crippen LogP contribution in [-0.4, -0.2) is 87.7 Å². The summed E-state index contributed by atoms with van der Waals surface area (Å²) >= 11 is 0. The molecule has 7 nitrogen and oxygen atoms in total. The smallest absolute Gasteiger partial charge is 0.237 e. The van der Waals surface area contributed by atoms with Gasteiger partial charge in [-0.15, -0.1) is 0 Å². The molecule has 0 saturated carbocycles. The third-order valence-electron chi connectivity index (χ3n) is 4.31. The summed E-state index contributed by atoms with van der Waals surface area (Å²) in [5.41, 5.74) is 0. The van der Waals surface area contributed by atoms with E-state index >= 15 is 0 Å². The van der Waals surface area contributed by atoms with E-state index in [0.29, 0.717) is 32.8 Å². The van der Waals surface area contributed by atoms with Gasteiger partial charge in [-0.3, -0.25) is 14.5 Å². The van der Waals surface area contributed by atoms with Gasteiger partial charge in [0.15, 0.2) is 0 Å². The molecule has 0 radical (unpaired) electrons. The quantitative estimate of drug-likeness (QED) is 0.560. The number of rotatable bonds is 9. The van der Waals surface area contributed by atoms with E-state index in [1.165, 1.54) is 0 Å². The van der Waals surface area contributed by atoms with Gasteiger partial charge in [0.1, 0.15) is 0 Å². The topological polar surface area (TPSA) is 73.9 Å². The summed E-state index contributed by atoms with van der Waals surface area (Å²) in [6, 6.07) is -0.162. The lowest BCUT2D eigenvalue weighted by Gasteiger charge is -2.38. The number of hydrogen-bond donors (Lipinski definition) is 2. The van der Waals surface area contributed by atoms with Crippen molar-refractivity contribution < 1.29 is 14.3 Å². The molecule has 2 atom stereocenters. The Balaban J connectivity index is 2.34. The van der Waals surface area contributed by atoms with Gasteiger partial charge in [0.2, 0.25) is 11.8 Å². The lowest BCUT2D eigenvalue weighted by atomic mass is 10.1. The average molecular weight is 328 g/mol. The highest BCUT2D eigenvalue weighted by atomic mass is 16.5. The fraction of sp³-hybridized carbons (Fsp3) is 0.875. The van der Waals surface area contributed by atoms with Gasteiger partial charge in [-0.25, -0.2) is 0 Å². The van der Waals surface area contributed by atoms with Crippen LogP contribution in [0.3, 0.4) is 0 Å². The van der Waals surface area contributed by atoms with Crippen molar-refractivity contribution in [1.29, 1.82) is 0 Å². The Morgan fingerprint density at radius 3 is 2.39 bits per heavy atom. The van der Waals surface area contributed by atoms with Crippen LogP contribution >= 0.6 is 0 Å². The molecule has 1 saturated heterocycles. The number of hydrogen-bond acceptors (Lipinski definition) is 5. The maximum Gasteiger partial charge on any atom is 0.237 e. The Bertz CT molecular complexity index is 370. The van der Waals surface area contributed by atoms with Crippen molar-refractivity contribution in [1.82, 2.24) is 20.4 Å². The summed E-state index contributed by atoms with van der Waals surface area (Å²) in [6.45, 7) is 8.71. The summed E-state index contributed by atoms with van der Waals surface area (Å²) in [5, 5.41) is 5.97. The highest BCUT2D eigenvalue weighted by Crippen LogP contribution is 2.10. The molecule has 0 bridgehead atoms. The normalized spacial score (nSPS) is 18.5. The van der Waals surface area contributed by atoms with Gasteiger partial charge in [0.25, 0.3) is 0 Å². The number of carbonyl (C=O) groups excluding carboxylic acids is 2. The lowest BCUT2D eigenvalue weighted by molar-refractivity contribution is -0.137. The van der Waals surface area contributed by atoms with Gasteiger partial charge in [-0.1, -0.05) is 6.92 Å². The van der Waals surface area contributed by atoms with Gasteiger partial charge in [-0.05, 0) is 20.4 Å². The van der Waals surface area contributed by atoms with E-state index in [2.05, 4.69) is 15.5 Å². The van der Waals surface area contributed by atoms with E-state index in [-0.39, 0.29) is 23.8 Å². The molecule has 2 unspecified atom stereocenters. The standard InChI is InChI=1S/C16H32N4O3/c1-13(12-17-3)16(22)20-9-7-19(8-10-20)14(2)15(21)18-6-5-11-23-4/h13-14,17H,5-12H2,1-4H3,(H,18,21). The Morgan fingerprint density at radius 1 is 1.17 bits per heavy atom. The number of amides is 2. The van der Waals surface area contributed by atoms with Gasteiger partial charge in [0.05, 0.1) is 6.04 Å². The van der Waals surface area contributed by atoms with Crippen LogP contribution < -0.4 is 10.6 Å². The molecule has 7 heteroatoms. The summed E-state index contributed by atoms with van der Waals surface area (Å²) in [6.07, 6.45) is 0.820. The minimum absolute atomic E-state index is 0.00643. The largest absolute Gasteiger partial charge is 0.385 e. The molecule has 1 heterocycles. The van der Waals surface area contributed by atoms with Gasteiger partial charge >= 0.3 is 0 Å². The van der Waals surface area contributed by atoms with Gasteiger partial charge in [-0.2, -0.15) is 0 Å². The van der Waals surface area contributed by atoms with Crippen molar-refractivity contribution in [3.05, 3.63) is 0 Å². The monoisotopic (exact) mass is 328 g/mol. The SMILES string of the molecule is CNCC(C)C(=O)N1CCN(C(C)C(=O)NCCCOC)CC1. The number of nitrogens with zero attached hydrogens (tertiary/aromatic N) is 2. The van der Waals surface area contributed by atoms with Crippen LogP contribution in [0.1, 0.15) is 20.3 Å².